The van der Waals surface area contributed by atoms with Gasteiger partial charge in [-0.05, 0) is 55.2 Å². The molecule has 1 amide bonds. The van der Waals surface area contributed by atoms with E-state index >= 15 is 0 Å². The van der Waals surface area contributed by atoms with Gasteiger partial charge in [-0.2, -0.15) is 0 Å². The van der Waals surface area contributed by atoms with Crippen LogP contribution in [0.3, 0.4) is 0 Å². The van der Waals surface area contributed by atoms with E-state index in [1.807, 2.05) is 37.3 Å². The molecule has 140 valence electrons. The third kappa shape index (κ3) is 5.41. The van der Waals surface area contributed by atoms with Crippen LogP contribution in [-0.2, 0) is 11.2 Å². The molecule has 26 heavy (non-hydrogen) atoms. The van der Waals surface area contributed by atoms with Crippen molar-refractivity contribution in [3.63, 3.8) is 0 Å². The number of ether oxygens (including phenoxy) is 3. The Kier molecular flexibility index (Phi) is 7.33. The van der Waals surface area contributed by atoms with Gasteiger partial charge >= 0.3 is 0 Å². The van der Waals surface area contributed by atoms with Gasteiger partial charge in [-0.3, -0.25) is 4.79 Å². The first-order valence-corrected chi connectivity index (χ1v) is 8.71. The summed E-state index contributed by atoms with van der Waals surface area (Å²) in [7, 11) is 3.20. The number of benzene rings is 2. The van der Waals surface area contributed by atoms with Gasteiger partial charge in [0.1, 0.15) is 12.4 Å². The number of rotatable bonds is 9. The van der Waals surface area contributed by atoms with Crippen LogP contribution in [0.15, 0.2) is 36.4 Å². The van der Waals surface area contributed by atoms with Crippen LogP contribution in [-0.4, -0.2) is 33.3 Å². The van der Waals surface area contributed by atoms with E-state index in [4.69, 9.17) is 14.2 Å². The number of nitrogens with one attached hydrogen (secondary N) is 1. The van der Waals surface area contributed by atoms with Crippen LogP contribution >= 0.6 is 0 Å². The lowest BCUT2D eigenvalue weighted by Crippen LogP contribution is -2.28. The normalized spacial score (nSPS) is 10.3. The standard InChI is InChI=1S/C21H27NO4/c1-15-6-5-7-18(16(15)2)26-13-12-22-21(23)11-9-17-8-10-19(24-3)20(14-17)25-4/h5-8,10,14H,9,11-13H2,1-4H3,(H,22,23). The number of hydrogen-bond donors (Lipinski definition) is 1. The average Bonchev–Trinajstić information content (AvgIpc) is 2.66. The highest BCUT2D eigenvalue weighted by Gasteiger charge is 2.07. The third-order valence-electron chi connectivity index (χ3n) is 4.33. The lowest BCUT2D eigenvalue weighted by molar-refractivity contribution is -0.121. The summed E-state index contributed by atoms with van der Waals surface area (Å²) in [6.07, 6.45) is 1.06. The van der Waals surface area contributed by atoms with Crippen molar-refractivity contribution in [1.29, 1.82) is 0 Å². The van der Waals surface area contributed by atoms with Crippen LogP contribution in [0.25, 0.3) is 0 Å². The second kappa shape index (κ2) is 9.70. The Balaban J connectivity index is 1.73. The first-order chi connectivity index (χ1) is 12.5. The molecule has 0 saturated carbocycles. The van der Waals surface area contributed by atoms with Crippen molar-refractivity contribution in [2.45, 2.75) is 26.7 Å². The maximum atomic E-state index is 12.0. The fraction of sp³-hybridized carbons (Fsp3) is 0.381. The van der Waals surface area contributed by atoms with Crippen LogP contribution in [0.5, 0.6) is 17.2 Å². The van der Waals surface area contributed by atoms with Crippen molar-refractivity contribution >= 4 is 5.91 Å². The smallest absolute Gasteiger partial charge is 0.220 e. The maximum Gasteiger partial charge on any atom is 0.220 e. The topological polar surface area (TPSA) is 56.8 Å². The summed E-state index contributed by atoms with van der Waals surface area (Å²) in [5, 5.41) is 2.89. The molecule has 5 heteroatoms. The molecular weight excluding hydrogens is 330 g/mol. The summed E-state index contributed by atoms with van der Waals surface area (Å²) in [5.74, 6) is 2.23. The number of methoxy groups -OCH3 is 2. The van der Waals surface area contributed by atoms with Gasteiger partial charge in [-0.25, -0.2) is 0 Å². The van der Waals surface area contributed by atoms with Gasteiger partial charge in [0.2, 0.25) is 5.91 Å². The summed E-state index contributed by atoms with van der Waals surface area (Å²) in [6.45, 7) is 5.02. The van der Waals surface area contributed by atoms with Crippen LogP contribution in [0, 0.1) is 13.8 Å². The molecule has 2 rings (SSSR count). The number of aryl methyl sites for hydroxylation is 2. The molecule has 0 heterocycles. The van der Waals surface area contributed by atoms with Crippen molar-refractivity contribution in [1.82, 2.24) is 5.32 Å². The molecule has 5 nitrogen and oxygen atoms in total. The van der Waals surface area contributed by atoms with Crippen molar-refractivity contribution in [2.24, 2.45) is 0 Å². The fourth-order valence-electron chi connectivity index (χ4n) is 2.61. The molecule has 0 saturated heterocycles. The van der Waals surface area contributed by atoms with Gasteiger partial charge in [0.05, 0.1) is 20.8 Å². The van der Waals surface area contributed by atoms with Crippen LogP contribution < -0.4 is 19.5 Å². The fourth-order valence-corrected chi connectivity index (χ4v) is 2.61. The van der Waals surface area contributed by atoms with Crippen molar-refractivity contribution in [3.05, 3.63) is 53.1 Å². The maximum absolute atomic E-state index is 12.0. The molecule has 0 aliphatic heterocycles. The van der Waals surface area contributed by atoms with E-state index in [0.717, 1.165) is 16.9 Å². The molecule has 0 aromatic heterocycles. The number of carbonyl (C=O) groups is 1. The highest BCUT2D eigenvalue weighted by molar-refractivity contribution is 5.76. The summed E-state index contributed by atoms with van der Waals surface area (Å²) >= 11 is 0. The highest BCUT2D eigenvalue weighted by Crippen LogP contribution is 2.27. The molecule has 2 aromatic carbocycles. The molecule has 0 aliphatic rings. The second-order valence-electron chi connectivity index (χ2n) is 6.09. The van der Waals surface area contributed by atoms with Crippen LogP contribution in [0.1, 0.15) is 23.1 Å². The summed E-state index contributed by atoms with van der Waals surface area (Å²) in [5.41, 5.74) is 3.36. The van der Waals surface area contributed by atoms with E-state index < -0.39 is 0 Å². The molecular formula is C21H27NO4. The minimum atomic E-state index is 0.00403. The third-order valence-corrected chi connectivity index (χ3v) is 4.33. The van der Waals surface area contributed by atoms with E-state index in [1.165, 1.54) is 5.56 Å². The van der Waals surface area contributed by atoms with E-state index in [9.17, 15) is 4.79 Å². The predicted molar refractivity (Wildman–Crippen MR) is 102 cm³/mol. The van der Waals surface area contributed by atoms with Crippen LogP contribution in [0.4, 0.5) is 0 Å². The summed E-state index contributed by atoms with van der Waals surface area (Å²) in [6, 6.07) is 11.7. The summed E-state index contributed by atoms with van der Waals surface area (Å²) in [4.78, 5) is 12.0. The zero-order valence-electron chi connectivity index (χ0n) is 15.9. The minimum Gasteiger partial charge on any atom is -0.493 e. The molecule has 0 aliphatic carbocycles. The molecule has 0 radical (unpaired) electrons. The van der Waals surface area contributed by atoms with Gasteiger partial charge in [0, 0.05) is 6.42 Å². The lowest BCUT2D eigenvalue weighted by atomic mass is 10.1. The van der Waals surface area contributed by atoms with E-state index in [1.54, 1.807) is 14.2 Å². The van der Waals surface area contributed by atoms with E-state index in [-0.39, 0.29) is 5.91 Å². The first-order valence-electron chi connectivity index (χ1n) is 8.71. The van der Waals surface area contributed by atoms with Crippen LogP contribution in [0.2, 0.25) is 0 Å². The summed E-state index contributed by atoms with van der Waals surface area (Å²) < 4.78 is 16.2. The Bertz CT molecular complexity index is 743. The first kappa shape index (κ1) is 19.6. The zero-order valence-corrected chi connectivity index (χ0v) is 15.9. The molecule has 2 aromatic rings. The number of carbonyl (C=O) groups excluding carboxylic acids is 1. The second-order valence-corrected chi connectivity index (χ2v) is 6.09. The minimum absolute atomic E-state index is 0.00403. The van der Waals surface area contributed by atoms with Gasteiger partial charge in [-0.15, -0.1) is 0 Å². The van der Waals surface area contributed by atoms with Gasteiger partial charge in [0.15, 0.2) is 11.5 Å². The van der Waals surface area contributed by atoms with Gasteiger partial charge in [-0.1, -0.05) is 18.2 Å². The van der Waals surface area contributed by atoms with Gasteiger partial charge in [0.25, 0.3) is 0 Å². The zero-order chi connectivity index (χ0) is 18.9. The van der Waals surface area contributed by atoms with Crippen molar-refractivity contribution < 1.29 is 19.0 Å². The monoisotopic (exact) mass is 357 g/mol. The van der Waals surface area contributed by atoms with E-state index in [0.29, 0.717) is 37.5 Å². The predicted octanol–water partition coefficient (Wildman–Crippen LogP) is 3.45. The van der Waals surface area contributed by atoms with Crippen molar-refractivity contribution in [3.8, 4) is 17.2 Å². The Morgan fingerprint density at radius 1 is 1.00 bits per heavy atom. The Hall–Kier alpha value is -2.69. The molecule has 0 atom stereocenters. The lowest BCUT2D eigenvalue weighted by Gasteiger charge is -2.12. The van der Waals surface area contributed by atoms with E-state index in [2.05, 4.69) is 18.3 Å². The molecule has 0 spiro atoms. The Labute approximate surface area is 155 Å². The molecule has 0 fully saturated rings. The number of amides is 1. The quantitative estimate of drug-likeness (QED) is 0.699. The van der Waals surface area contributed by atoms with Crippen molar-refractivity contribution in [2.75, 3.05) is 27.4 Å². The SMILES string of the molecule is COc1ccc(CCC(=O)NCCOc2cccc(C)c2C)cc1OC. The molecule has 1 N–H and O–H groups in total. The highest BCUT2D eigenvalue weighted by atomic mass is 16.5. The Morgan fingerprint density at radius 3 is 2.50 bits per heavy atom. The largest absolute Gasteiger partial charge is 0.493 e. The average molecular weight is 357 g/mol. The molecule has 0 unspecified atom stereocenters. The van der Waals surface area contributed by atoms with Gasteiger partial charge < -0.3 is 19.5 Å². The number of hydrogen-bond acceptors (Lipinski definition) is 4. The molecule has 0 bridgehead atoms. The Morgan fingerprint density at radius 2 is 1.77 bits per heavy atom.